The number of alkyl halides is 1. The molecule has 2 aromatic carbocycles. The number of benzene rings is 2. The Morgan fingerprint density at radius 3 is 2.76 bits per heavy atom. The Morgan fingerprint density at radius 2 is 2.05 bits per heavy atom. The number of hydrogen-bond donors (Lipinski definition) is 1. The number of amides is 1. The maximum absolute atomic E-state index is 11.5. The number of anilines is 1. The Labute approximate surface area is 145 Å². The third kappa shape index (κ3) is 2.89. The largest absolute Gasteiger partial charge is 0.325 e. The van der Waals surface area contributed by atoms with Gasteiger partial charge in [-0.1, -0.05) is 61.7 Å². The van der Waals surface area contributed by atoms with E-state index in [1.54, 1.807) is 0 Å². The minimum atomic E-state index is -0.0112. The van der Waals surface area contributed by atoms with Gasteiger partial charge in [-0.25, -0.2) is 0 Å². The third-order valence-corrected chi connectivity index (χ3v) is 5.81. The SMILES string of the molecule is Cc1ccc(C(Br)c2cc3c(cc2Cl)NC(=O)C3)cc1Br. The molecule has 0 fully saturated rings. The van der Waals surface area contributed by atoms with Crippen molar-refractivity contribution in [2.24, 2.45) is 0 Å². The van der Waals surface area contributed by atoms with E-state index in [1.165, 1.54) is 5.56 Å². The van der Waals surface area contributed by atoms with E-state index in [-0.39, 0.29) is 10.7 Å². The number of nitrogens with one attached hydrogen (secondary N) is 1. The number of carbonyl (C=O) groups is 1. The van der Waals surface area contributed by atoms with E-state index in [0.717, 1.165) is 26.9 Å². The van der Waals surface area contributed by atoms with Gasteiger partial charge in [0.05, 0.1) is 11.2 Å². The molecule has 3 rings (SSSR count). The van der Waals surface area contributed by atoms with Gasteiger partial charge in [-0.15, -0.1) is 0 Å². The van der Waals surface area contributed by atoms with Crippen molar-refractivity contribution in [2.75, 3.05) is 5.32 Å². The molecule has 0 radical (unpaired) electrons. The highest BCUT2D eigenvalue weighted by atomic mass is 79.9. The van der Waals surface area contributed by atoms with Crippen molar-refractivity contribution in [2.45, 2.75) is 18.2 Å². The Hall–Kier alpha value is -0.840. The molecule has 1 N–H and O–H groups in total. The molecule has 0 aliphatic carbocycles. The summed E-state index contributed by atoms with van der Waals surface area (Å²) in [6.45, 7) is 2.05. The van der Waals surface area contributed by atoms with Gasteiger partial charge in [0, 0.05) is 15.2 Å². The van der Waals surface area contributed by atoms with Gasteiger partial charge in [0.2, 0.25) is 5.91 Å². The van der Waals surface area contributed by atoms with E-state index in [2.05, 4.69) is 62.3 Å². The van der Waals surface area contributed by atoms with Gasteiger partial charge in [0.25, 0.3) is 0 Å². The van der Waals surface area contributed by atoms with Crippen LogP contribution in [0.1, 0.15) is 27.1 Å². The molecular weight excluding hydrogens is 417 g/mol. The Kier molecular flexibility index (Phi) is 4.12. The van der Waals surface area contributed by atoms with Crippen molar-refractivity contribution in [3.63, 3.8) is 0 Å². The number of carbonyl (C=O) groups excluding carboxylic acids is 1. The molecular formula is C16H12Br2ClNO. The predicted octanol–water partition coefficient (Wildman–Crippen LogP) is 5.39. The lowest BCUT2D eigenvalue weighted by molar-refractivity contribution is -0.115. The lowest BCUT2D eigenvalue weighted by atomic mass is 10.0. The molecule has 0 bridgehead atoms. The van der Waals surface area contributed by atoms with Crippen LogP contribution in [-0.4, -0.2) is 5.91 Å². The Balaban J connectivity index is 2.02. The minimum Gasteiger partial charge on any atom is -0.325 e. The van der Waals surface area contributed by atoms with Crippen molar-refractivity contribution < 1.29 is 4.79 Å². The van der Waals surface area contributed by atoms with Gasteiger partial charge >= 0.3 is 0 Å². The van der Waals surface area contributed by atoms with E-state index in [1.807, 2.05) is 12.1 Å². The van der Waals surface area contributed by atoms with Gasteiger partial charge in [-0.05, 0) is 41.3 Å². The normalized spacial score (nSPS) is 14.8. The van der Waals surface area contributed by atoms with Gasteiger partial charge in [0.1, 0.15) is 0 Å². The molecule has 0 saturated heterocycles. The summed E-state index contributed by atoms with van der Waals surface area (Å²) in [6, 6.07) is 10.1. The standard InChI is InChI=1S/C16H12Br2ClNO/c1-8-2-3-9(5-12(8)17)16(18)11-4-10-6-15(21)20-14(10)7-13(11)19/h2-5,7,16H,6H2,1H3,(H,20,21). The van der Waals surface area contributed by atoms with Crippen LogP contribution in [0.5, 0.6) is 0 Å². The number of fused-ring (bicyclic) bond motifs is 1. The summed E-state index contributed by atoms with van der Waals surface area (Å²) >= 11 is 13.6. The maximum atomic E-state index is 11.5. The molecule has 1 aliphatic heterocycles. The molecule has 1 heterocycles. The van der Waals surface area contributed by atoms with E-state index < -0.39 is 0 Å². The Bertz CT molecular complexity index is 745. The quantitative estimate of drug-likeness (QED) is 0.637. The first-order valence-corrected chi connectivity index (χ1v) is 8.56. The zero-order chi connectivity index (χ0) is 15.1. The first-order valence-electron chi connectivity index (χ1n) is 6.48. The lowest BCUT2D eigenvalue weighted by Crippen LogP contribution is -2.03. The monoisotopic (exact) mass is 427 g/mol. The molecule has 0 saturated carbocycles. The number of rotatable bonds is 2. The summed E-state index contributed by atoms with van der Waals surface area (Å²) in [4.78, 5) is 11.5. The summed E-state index contributed by atoms with van der Waals surface area (Å²) < 4.78 is 1.07. The highest BCUT2D eigenvalue weighted by Crippen LogP contribution is 2.40. The van der Waals surface area contributed by atoms with E-state index >= 15 is 0 Å². The zero-order valence-corrected chi connectivity index (χ0v) is 15.1. The molecule has 21 heavy (non-hydrogen) atoms. The van der Waals surface area contributed by atoms with Crippen LogP contribution in [-0.2, 0) is 11.2 Å². The first kappa shape index (κ1) is 15.1. The molecule has 1 aliphatic rings. The maximum Gasteiger partial charge on any atom is 0.228 e. The molecule has 1 unspecified atom stereocenters. The topological polar surface area (TPSA) is 29.1 Å². The summed E-state index contributed by atoms with van der Waals surface area (Å²) in [5, 5.41) is 3.46. The summed E-state index contributed by atoms with van der Waals surface area (Å²) in [7, 11) is 0. The van der Waals surface area contributed by atoms with Crippen molar-refractivity contribution >= 4 is 55.1 Å². The summed E-state index contributed by atoms with van der Waals surface area (Å²) in [5.74, 6) is 0.0161. The van der Waals surface area contributed by atoms with Crippen LogP contribution in [0.25, 0.3) is 0 Å². The predicted molar refractivity (Wildman–Crippen MR) is 93.4 cm³/mol. The minimum absolute atomic E-state index is 0.0112. The van der Waals surface area contributed by atoms with Gasteiger partial charge in [-0.2, -0.15) is 0 Å². The second-order valence-corrected chi connectivity index (χ2v) is 7.30. The number of hydrogen-bond acceptors (Lipinski definition) is 1. The zero-order valence-electron chi connectivity index (χ0n) is 11.2. The summed E-state index contributed by atoms with van der Waals surface area (Å²) in [5.41, 5.74) is 5.09. The van der Waals surface area contributed by atoms with Crippen molar-refractivity contribution in [3.8, 4) is 0 Å². The second kappa shape index (κ2) is 5.75. The highest BCUT2D eigenvalue weighted by Gasteiger charge is 2.22. The summed E-state index contributed by atoms with van der Waals surface area (Å²) in [6.07, 6.45) is 0.414. The molecule has 5 heteroatoms. The highest BCUT2D eigenvalue weighted by molar-refractivity contribution is 9.10. The number of aryl methyl sites for hydroxylation is 1. The fourth-order valence-corrected chi connectivity index (χ4v) is 3.87. The van der Waals surface area contributed by atoms with Crippen LogP contribution in [0.3, 0.4) is 0 Å². The number of halogens is 3. The van der Waals surface area contributed by atoms with E-state index in [4.69, 9.17) is 11.6 Å². The first-order chi connectivity index (χ1) is 9.95. The smallest absolute Gasteiger partial charge is 0.228 e. The molecule has 1 atom stereocenters. The van der Waals surface area contributed by atoms with Crippen molar-refractivity contribution in [1.82, 2.24) is 0 Å². The van der Waals surface area contributed by atoms with Crippen LogP contribution in [0.4, 0.5) is 5.69 Å². The molecule has 1 amide bonds. The molecule has 0 aromatic heterocycles. The van der Waals surface area contributed by atoms with Crippen molar-refractivity contribution in [1.29, 1.82) is 0 Å². The van der Waals surface area contributed by atoms with Gasteiger partial charge < -0.3 is 5.32 Å². The average Bonchev–Trinajstić information content (AvgIpc) is 2.79. The molecule has 108 valence electrons. The molecule has 2 nitrogen and oxygen atoms in total. The Morgan fingerprint density at radius 1 is 1.29 bits per heavy atom. The van der Waals surface area contributed by atoms with Gasteiger partial charge in [-0.3, -0.25) is 4.79 Å². The van der Waals surface area contributed by atoms with E-state index in [9.17, 15) is 4.79 Å². The van der Waals surface area contributed by atoms with Gasteiger partial charge in [0.15, 0.2) is 0 Å². The fourth-order valence-electron chi connectivity index (χ4n) is 2.41. The molecule has 0 spiro atoms. The lowest BCUT2D eigenvalue weighted by Gasteiger charge is -2.15. The van der Waals surface area contributed by atoms with Crippen LogP contribution in [0, 0.1) is 6.92 Å². The van der Waals surface area contributed by atoms with Crippen LogP contribution >= 0.6 is 43.5 Å². The second-order valence-electron chi connectivity index (χ2n) is 5.13. The third-order valence-electron chi connectivity index (χ3n) is 3.61. The average molecular weight is 430 g/mol. The van der Waals surface area contributed by atoms with E-state index in [0.29, 0.717) is 11.4 Å². The fraction of sp³-hybridized carbons (Fsp3) is 0.188. The molecule has 2 aromatic rings. The van der Waals surface area contributed by atoms with Crippen LogP contribution in [0.2, 0.25) is 5.02 Å². The van der Waals surface area contributed by atoms with Crippen LogP contribution < -0.4 is 5.32 Å². The van der Waals surface area contributed by atoms with Crippen LogP contribution in [0.15, 0.2) is 34.8 Å². The van der Waals surface area contributed by atoms with Crippen molar-refractivity contribution in [3.05, 3.63) is 62.1 Å².